The number of aryl methyl sites for hydroxylation is 1. The maximum absolute atomic E-state index is 9.11. The molecule has 4 nitrogen and oxygen atoms in total. The van der Waals surface area contributed by atoms with E-state index in [2.05, 4.69) is 25.1 Å². The van der Waals surface area contributed by atoms with Crippen molar-refractivity contribution in [1.29, 1.82) is 5.26 Å². The highest BCUT2D eigenvalue weighted by molar-refractivity contribution is 6.06. The molecule has 100 valence electrons. The van der Waals surface area contributed by atoms with Gasteiger partial charge >= 0.3 is 0 Å². The van der Waals surface area contributed by atoms with Crippen LogP contribution in [0.1, 0.15) is 5.56 Å². The minimum atomic E-state index is 0.274. The fourth-order valence-electron chi connectivity index (χ4n) is 2.78. The number of rotatable bonds is 1. The van der Waals surface area contributed by atoms with E-state index in [0.29, 0.717) is 0 Å². The lowest BCUT2D eigenvalue weighted by Crippen LogP contribution is -1.97. The maximum atomic E-state index is 9.11. The molecule has 21 heavy (non-hydrogen) atoms. The van der Waals surface area contributed by atoms with Gasteiger partial charge in [0.25, 0.3) is 0 Å². The van der Waals surface area contributed by atoms with Gasteiger partial charge in [-0.2, -0.15) is 5.26 Å². The van der Waals surface area contributed by atoms with Crippen LogP contribution in [0.2, 0.25) is 0 Å². The molecule has 4 rings (SSSR count). The summed E-state index contributed by atoms with van der Waals surface area (Å²) in [6.07, 6.45) is 0. The van der Waals surface area contributed by atoms with Crippen LogP contribution in [0.3, 0.4) is 0 Å². The molecular weight excluding hydrogens is 260 g/mol. The van der Waals surface area contributed by atoms with E-state index in [-0.39, 0.29) is 6.54 Å². The normalized spacial score (nSPS) is 11.2. The molecule has 0 aliphatic heterocycles. The van der Waals surface area contributed by atoms with Crippen LogP contribution in [0.25, 0.3) is 33.1 Å². The molecule has 0 saturated carbocycles. The topological polar surface area (TPSA) is 54.5 Å². The second-order valence-corrected chi connectivity index (χ2v) is 5.15. The summed E-state index contributed by atoms with van der Waals surface area (Å²) < 4.78 is 1.93. The Morgan fingerprint density at radius 2 is 1.86 bits per heavy atom. The number of hydrogen-bond donors (Lipinski definition) is 0. The van der Waals surface area contributed by atoms with Gasteiger partial charge in [0.2, 0.25) is 0 Å². The van der Waals surface area contributed by atoms with Crippen LogP contribution in [0, 0.1) is 18.3 Å². The van der Waals surface area contributed by atoms with Gasteiger partial charge in [-0.3, -0.25) is 0 Å². The molecule has 2 heterocycles. The van der Waals surface area contributed by atoms with Crippen molar-refractivity contribution in [2.45, 2.75) is 13.5 Å². The lowest BCUT2D eigenvalue weighted by atomic mass is 10.1. The van der Waals surface area contributed by atoms with Crippen molar-refractivity contribution in [3.05, 3.63) is 48.0 Å². The lowest BCUT2D eigenvalue weighted by molar-refractivity contribution is 0.896. The molecule has 0 radical (unpaired) electrons. The van der Waals surface area contributed by atoms with Crippen molar-refractivity contribution >= 4 is 33.1 Å². The third-order valence-electron chi connectivity index (χ3n) is 3.73. The highest BCUT2D eigenvalue weighted by atomic mass is 15.1. The fourth-order valence-corrected chi connectivity index (χ4v) is 2.78. The SMILES string of the molecule is Cc1ccc2c(c1)c1nc3ccccc3nc1n2CC#N. The zero-order valence-corrected chi connectivity index (χ0v) is 11.5. The maximum Gasteiger partial charge on any atom is 0.161 e. The molecule has 0 spiro atoms. The molecule has 0 saturated heterocycles. The van der Waals surface area contributed by atoms with E-state index >= 15 is 0 Å². The summed E-state index contributed by atoms with van der Waals surface area (Å²) in [7, 11) is 0. The minimum absolute atomic E-state index is 0.274. The van der Waals surface area contributed by atoms with Crippen molar-refractivity contribution in [2.75, 3.05) is 0 Å². The average Bonchev–Trinajstić information content (AvgIpc) is 2.79. The molecule has 0 bridgehead atoms. The van der Waals surface area contributed by atoms with Crippen LogP contribution in [-0.2, 0) is 6.54 Å². The van der Waals surface area contributed by atoms with Crippen LogP contribution < -0.4 is 0 Å². The summed E-state index contributed by atoms with van der Waals surface area (Å²) in [6.45, 7) is 2.33. The molecule has 0 aliphatic carbocycles. The summed E-state index contributed by atoms with van der Waals surface area (Å²) in [5.74, 6) is 0. The lowest BCUT2D eigenvalue weighted by Gasteiger charge is -2.01. The van der Waals surface area contributed by atoms with Crippen LogP contribution >= 0.6 is 0 Å². The van der Waals surface area contributed by atoms with Gasteiger partial charge in [-0.1, -0.05) is 23.8 Å². The zero-order chi connectivity index (χ0) is 14.4. The van der Waals surface area contributed by atoms with E-state index in [0.717, 1.165) is 33.1 Å². The molecule has 2 aromatic heterocycles. The van der Waals surface area contributed by atoms with Crippen LogP contribution in [0.4, 0.5) is 0 Å². The Bertz CT molecular complexity index is 1040. The Hall–Kier alpha value is -2.93. The Morgan fingerprint density at radius 3 is 2.62 bits per heavy atom. The highest BCUT2D eigenvalue weighted by Crippen LogP contribution is 2.28. The predicted octanol–water partition coefficient (Wildman–Crippen LogP) is 3.57. The van der Waals surface area contributed by atoms with Gasteiger partial charge in [-0.25, -0.2) is 9.97 Å². The first-order valence-corrected chi connectivity index (χ1v) is 6.80. The molecule has 0 fully saturated rings. The van der Waals surface area contributed by atoms with E-state index in [1.165, 1.54) is 5.56 Å². The Kier molecular flexibility index (Phi) is 2.42. The van der Waals surface area contributed by atoms with E-state index < -0.39 is 0 Å². The van der Waals surface area contributed by atoms with Gasteiger partial charge in [-0.15, -0.1) is 0 Å². The van der Waals surface area contributed by atoms with E-state index in [9.17, 15) is 0 Å². The van der Waals surface area contributed by atoms with Crippen LogP contribution in [-0.4, -0.2) is 14.5 Å². The van der Waals surface area contributed by atoms with Crippen LogP contribution in [0.5, 0.6) is 0 Å². The van der Waals surface area contributed by atoms with E-state index in [1.807, 2.05) is 34.9 Å². The smallest absolute Gasteiger partial charge is 0.161 e. The quantitative estimate of drug-likeness (QED) is 0.532. The standard InChI is InChI=1S/C17H12N4/c1-11-6-7-15-12(10-11)16-17(21(15)9-8-18)20-14-5-3-2-4-13(14)19-16/h2-7,10H,9H2,1H3. The highest BCUT2D eigenvalue weighted by Gasteiger charge is 2.14. The van der Waals surface area contributed by atoms with Crippen molar-refractivity contribution in [2.24, 2.45) is 0 Å². The average molecular weight is 272 g/mol. The third-order valence-corrected chi connectivity index (χ3v) is 3.73. The molecule has 4 heteroatoms. The first kappa shape index (κ1) is 11.9. The summed E-state index contributed by atoms with van der Waals surface area (Å²) in [5, 5.41) is 10.2. The number of nitriles is 1. The summed E-state index contributed by atoms with van der Waals surface area (Å²) in [6, 6.07) is 16.2. The Labute approximate surface area is 121 Å². The molecule has 0 amide bonds. The van der Waals surface area contributed by atoms with Crippen molar-refractivity contribution in [3.63, 3.8) is 0 Å². The monoisotopic (exact) mass is 272 g/mol. The second-order valence-electron chi connectivity index (χ2n) is 5.15. The third kappa shape index (κ3) is 1.68. The van der Waals surface area contributed by atoms with Gasteiger partial charge in [0.15, 0.2) is 5.65 Å². The van der Waals surface area contributed by atoms with E-state index in [4.69, 9.17) is 15.2 Å². The van der Waals surface area contributed by atoms with Gasteiger partial charge < -0.3 is 4.57 Å². The van der Waals surface area contributed by atoms with Gasteiger partial charge in [0.05, 0.1) is 22.6 Å². The zero-order valence-electron chi connectivity index (χ0n) is 11.5. The number of para-hydroxylation sites is 2. The van der Waals surface area contributed by atoms with Crippen LogP contribution in [0.15, 0.2) is 42.5 Å². The Morgan fingerprint density at radius 1 is 1.10 bits per heavy atom. The second kappa shape index (κ2) is 4.29. The number of fused-ring (bicyclic) bond motifs is 4. The summed E-state index contributed by atoms with van der Waals surface area (Å²) in [5.41, 5.74) is 5.55. The van der Waals surface area contributed by atoms with E-state index in [1.54, 1.807) is 0 Å². The largest absolute Gasteiger partial charge is 0.310 e. The molecule has 0 atom stereocenters. The Balaban J connectivity index is 2.25. The minimum Gasteiger partial charge on any atom is -0.310 e. The predicted molar refractivity (Wildman–Crippen MR) is 82.9 cm³/mol. The molecule has 4 aromatic rings. The fraction of sp³-hybridized carbons (Fsp3) is 0.118. The molecule has 0 unspecified atom stereocenters. The molecule has 0 N–H and O–H groups in total. The number of aromatic nitrogens is 3. The number of nitrogens with zero attached hydrogens (tertiary/aromatic N) is 4. The van der Waals surface area contributed by atoms with Crippen molar-refractivity contribution in [3.8, 4) is 6.07 Å². The van der Waals surface area contributed by atoms with Gasteiger partial charge in [0.1, 0.15) is 12.1 Å². The molecule has 0 aliphatic rings. The van der Waals surface area contributed by atoms with Gasteiger partial charge in [-0.05, 0) is 31.2 Å². The van der Waals surface area contributed by atoms with Gasteiger partial charge in [0, 0.05) is 5.39 Å². The number of benzene rings is 2. The first-order valence-electron chi connectivity index (χ1n) is 6.80. The summed E-state index contributed by atoms with van der Waals surface area (Å²) >= 11 is 0. The molecular formula is C17H12N4. The first-order chi connectivity index (χ1) is 10.3. The molecule has 2 aromatic carbocycles. The van der Waals surface area contributed by atoms with Crippen molar-refractivity contribution < 1.29 is 0 Å². The summed E-state index contributed by atoms with van der Waals surface area (Å²) in [4.78, 5) is 9.47. The van der Waals surface area contributed by atoms with Crippen molar-refractivity contribution in [1.82, 2.24) is 14.5 Å². The number of hydrogen-bond acceptors (Lipinski definition) is 3.